The summed E-state index contributed by atoms with van der Waals surface area (Å²) < 4.78 is 7.58. The van der Waals surface area contributed by atoms with Crippen molar-refractivity contribution in [2.24, 2.45) is 0 Å². The highest BCUT2D eigenvalue weighted by Gasteiger charge is 2.21. The minimum Gasteiger partial charge on any atom is -0.451 e. The molecular weight excluding hydrogens is 330 g/mol. The van der Waals surface area contributed by atoms with Crippen LogP contribution >= 0.6 is 0 Å². The first kappa shape index (κ1) is 17.9. The molecule has 1 aromatic carbocycles. The van der Waals surface area contributed by atoms with Crippen molar-refractivity contribution < 1.29 is 9.21 Å². The zero-order valence-corrected chi connectivity index (χ0v) is 15.7. The Morgan fingerprint density at radius 2 is 2.00 bits per heavy atom. The maximum Gasteiger partial charge on any atom is 0.287 e. The van der Waals surface area contributed by atoms with Crippen LogP contribution < -0.4 is 10.7 Å². The van der Waals surface area contributed by atoms with Gasteiger partial charge < -0.3 is 9.73 Å². The fourth-order valence-corrected chi connectivity index (χ4v) is 3.36. The van der Waals surface area contributed by atoms with Crippen LogP contribution in [-0.4, -0.2) is 15.7 Å². The van der Waals surface area contributed by atoms with Gasteiger partial charge in [-0.15, -0.1) is 0 Å². The second-order valence-corrected chi connectivity index (χ2v) is 6.57. The van der Waals surface area contributed by atoms with Crippen molar-refractivity contribution in [3.05, 3.63) is 62.8 Å². The normalized spacial score (nSPS) is 12.3. The van der Waals surface area contributed by atoms with Gasteiger partial charge in [-0.05, 0) is 52.3 Å². The number of carbonyl (C=O) groups excluding carboxylic acids is 1. The molecule has 3 aromatic rings. The van der Waals surface area contributed by atoms with E-state index >= 15 is 0 Å². The number of nitrogens with zero attached hydrogens (tertiary/aromatic N) is 2. The number of aromatic nitrogens is 2. The Hall–Kier alpha value is -2.89. The van der Waals surface area contributed by atoms with E-state index in [2.05, 4.69) is 10.4 Å². The standard InChI is InChI=1S/C20H23N3O3/c1-6-23-14(5)19(13(4)22-23)12(3)21-20(25)18-10-16(24)15-8-7-11(2)9-17(15)26-18/h7-10,12H,6H2,1-5H3,(H,21,25)/t12-/m0/s1. The molecule has 2 aromatic heterocycles. The lowest BCUT2D eigenvalue weighted by atomic mass is 10.1. The Morgan fingerprint density at radius 3 is 2.65 bits per heavy atom. The molecule has 0 fully saturated rings. The van der Waals surface area contributed by atoms with Gasteiger partial charge in [0.2, 0.25) is 0 Å². The highest BCUT2D eigenvalue weighted by Crippen LogP contribution is 2.22. The highest BCUT2D eigenvalue weighted by atomic mass is 16.3. The first-order valence-electron chi connectivity index (χ1n) is 8.71. The number of hydrogen-bond donors (Lipinski definition) is 1. The fraction of sp³-hybridized carbons (Fsp3) is 0.350. The minimum absolute atomic E-state index is 0.0122. The molecule has 0 radical (unpaired) electrons. The number of rotatable bonds is 4. The number of fused-ring (bicyclic) bond motifs is 1. The van der Waals surface area contributed by atoms with Crippen molar-refractivity contribution in [2.45, 2.75) is 47.2 Å². The van der Waals surface area contributed by atoms with Crippen LogP contribution in [0, 0.1) is 20.8 Å². The molecule has 6 nitrogen and oxygen atoms in total. The van der Waals surface area contributed by atoms with Gasteiger partial charge in [0.05, 0.1) is 17.1 Å². The van der Waals surface area contributed by atoms with Gasteiger partial charge in [-0.3, -0.25) is 14.3 Å². The number of aryl methyl sites for hydroxylation is 3. The lowest BCUT2D eigenvalue weighted by Gasteiger charge is -2.14. The van der Waals surface area contributed by atoms with Crippen LogP contribution in [-0.2, 0) is 6.54 Å². The summed E-state index contributed by atoms with van der Waals surface area (Å²) in [7, 11) is 0. The van der Waals surface area contributed by atoms with E-state index in [1.54, 1.807) is 12.1 Å². The van der Waals surface area contributed by atoms with Crippen molar-refractivity contribution in [1.82, 2.24) is 15.1 Å². The first-order valence-corrected chi connectivity index (χ1v) is 8.71. The third-order valence-corrected chi connectivity index (χ3v) is 4.63. The molecule has 3 rings (SSSR count). The Labute approximate surface area is 151 Å². The van der Waals surface area contributed by atoms with Gasteiger partial charge in [-0.1, -0.05) is 6.07 Å². The van der Waals surface area contributed by atoms with Crippen LogP contribution in [0.5, 0.6) is 0 Å². The summed E-state index contributed by atoms with van der Waals surface area (Å²) in [6.45, 7) is 10.5. The summed E-state index contributed by atoms with van der Waals surface area (Å²) in [5.41, 5.74) is 4.04. The van der Waals surface area contributed by atoms with Crippen LogP contribution in [0.1, 0.15) is 53.0 Å². The average Bonchev–Trinajstić information content (AvgIpc) is 2.87. The third kappa shape index (κ3) is 3.14. The SMILES string of the molecule is CCn1nc(C)c([C@H](C)NC(=O)c2cc(=O)c3ccc(C)cc3o2)c1C. The summed E-state index contributed by atoms with van der Waals surface area (Å²) >= 11 is 0. The van der Waals surface area contributed by atoms with E-state index in [-0.39, 0.29) is 17.2 Å². The van der Waals surface area contributed by atoms with Gasteiger partial charge >= 0.3 is 0 Å². The molecule has 26 heavy (non-hydrogen) atoms. The molecule has 6 heteroatoms. The summed E-state index contributed by atoms with van der Waals surface area (Å²) in [5.74, 6) is -0.404. The van der Waals surface area contributed by atoms with Crippen LogP contribution in [0.3, 0.4) is 0 Å². The van der Waals surface area contributed by atoms with Crippen molar-refractivity contribution in [3.8, 4) is 0 Å². The second-order valence-electron chi connectivity index (χ2n) is 6.57. The van der Waals surface area contributed by atoms with Crippen molar-refractivity contribution in [1.29, 1.82) is 0 Å². The molecule has 0 saturated heterocycles. The molecule has 136 valence electrons. The second kappa shape index (κ2) is 6.78. The van der Waals surface area contributed by atoms with E-state index in [0.29, 0.717) is 11.0 Å². The monoisotopic (exact) mass is 353 g/mol. The molecular formula is C20H23N3O3. The van der Waals surface area contributed by atoms with Crippen LogP contribution in [0.25, 0.3) is 11.0 Å². The number of benzene rings is 1. The minimum atomic E-state index is -0.416. The molecule has 0 unspecified atom stereocenters. The largest absolute Gasteiger partial charge is 0.451 e. The summed E-state index contributed by atoms with van der Waals surface area (Å²) in [4.78, 5) is 24.9. The molecule has 0 aliphatic carbocycles. The van der Waals surface area contributed by atoms with Crippen molar-refractivity contribution in [3.63, 3.8) is 0 Å². The number of hydrogen-bond acceptors (Lipinski definition) is 4. The van der Waals surface area contributed by atoms with E-state index in [4.69, 9.17) is 4.42 Å². The molecule has 1 amide bonds. The van der Waals surface area contributed by atoms with E-state index < -0.39 is 5.91 Å². The van der Waals surface area contributed by atoms with Crippen LogP contribution in [0.15, 0.2) is 33.5 Å². The number of carbonyl (C=O) groups is 1. The Morgan fingerprint density at radius 1 is 1.27 bits per heavy atom. The lowest BCUT2D eigenvalue weighted by Crippen LogP contribution is -2.28. The van der Waals surface area contributed by atoms with Crippen LogP contribution in [0.4, 0.5) is 0 Å². The smallest absolute Gasteiger partial charge is 0.287 e. The predicted molar refractivity (Wildman–Crippen MR) is 100 cm³/mol. The number of amides is 1. The van der Waals surface area contributed by atoms with Crippen LogP contribution in [0.2, 0.25) is 0 Å². The van der Waals surface area contributed by atoms with Gasteiger partial charge in [-0.25, -0.2) is 0 Å². The Kier molecular flexibility index (Phi) is 4.68. The summed E-state index contributed by atoms with van der Waals surface area (Å²) in [6.07, 6.45) is 0. The van der Waals surface area contributed by atoms with Gasteiger partial charge in [0.15, 0.2) is 11.2 Å². The Bertz CT molecular complexity index is 1050. The summed E-state index contributed by atoms with van der Waals surface area (Å²) in [6, 6.07) is 6.32. The first-order chi connectivity index (χ1) is 12.3. The molecule has 0 spiro atoms. The van der Waals surface area contributed by atoms with E-state index in [1.807, 2.05) is 45.4 Å². The van der Waals surface area contributed by atoms with Gasteiger partial charge in [0.1, 0.15) is 5.58 Å². The molecule has 0 bridgehead atoms. The fourth-order valence-electron chi connectivity index (χ4n) is 3.36. The van der Waals surface area contributed by atoms with Gasteiger partial charge in [0, 0.05) is 23.9 Å². The molecule has 0 aliphatic rings. The zero-order chi connectivity index (χ0) is 19.0. The van der Waals surface area contributed by atoms with Gasteiger partial charge in [-0.2, -0.15) is 5.10 Å². The molecule has 2 heterocycles. The van der Waals surface area contributed by atoms with E-state index in [9.17, 15) is 9.59 Å². The molecule has 0 aliphatic heterocycles. The lowest BCUT2D eigenvalue weighted by molar-refractivity contribution is 0.0912. The quantitative estimate of drug-likeness (QED) is 0.779. The maximum absolute atomic E-state index is 12.6. The average molecular weight is 353 g/mol. The number of nitrogens with one attached hydrogen (secondary N) is 1. The maximum atomic E-state index is 12.6. The van der Waals surface area contributed by atoms with Crippen molar-refractivity contribution in [2.75, 3.05) is 0 Å². The molecule has 1 atom stereocenters. The van der Waals surface area contributed by atoms with E-state index in [1.165, 1.54) is 6.07 Å². The summed E-state index contributed by atoms with van der Waals surface area (Å²) in [5, 5.41) is 7.87. The predicted octanol–water partition coefficient (Wildman–Crippen LogP) is 3.43. The van der Waals surface area contributed by atoms with E-state index in [0.717, 1.165) is 29.1 Å². The highest BCUT2D eigenvalue weighted by molar-refractivity contribution is 5.93. The topological polar surface area (TPSA) is 77.1 Å². The molecule has 0 saturated carbocycles. The Balaban J connectivity index is 1.92. The van der Waals surface area contributed by atoms with Gasteiger partial charge in [0.25, 0.3) is 5.91 Å². The molecule has 1 N–H and O–H groups in total. The van der Waals surface area contributed by atoms with Crippen molar-refractivity contribution >= 4 is 16.9 Å². The third-order valence-electron chi connectivity index (χ3n) is 4.63. The zero-order valence-electron chi connectivity index (χ0n) is 15.7.